The van der Waals surface area contributed by atoms with E-state index in [0.717, 1.165) is 28.7 Å². The maximum Gasteiger partial charge on any atom is 0.261 e. The van der Waals surface area contributed by atoms with E-state index in [4.69, 9.17) is 16.3 Å². The van der Waals surface area contributed by atoms with Gasteiger partial charge in [0.2, 0.25) is 5.91 Å². The monoisotopic (exact) mass is 444 g/mol. The lowest BCUT2D eigenvalue weighted by Gasteiger charge is -2.29. The van der Waals surface area contributed by atoms with Crippen LogP contribution in [0.4, 0.5) is 0 Å². The van der Waals surface area contributed by atoms with Gasteiger partial charge in [-0.1, -0.05) is 48.4 Å². The number of nitrogens with zero attached hydrogens (tertiary/aromatic N) is 1. The van der Waals surface area contributed by atoms with Crippen molar-refractivity contribution < 1.29 is 14.3 Å². The molecule has 5 nitrogen and oxygen atoms in total. The van der Waals surface area contributed by atoms with Crippen LogP contribution >= 0.6 is 11.6 Å². The molecule has 31 heavy (non-hydrogen) atoms. The van der Waals surface area contributed by atoms with Crippen molar-refractivity contribution in [1.29, 1.82) is 0 Å². The Hall–Kier alpha value is -2.53. The highest BCUT2D eigenvalue weighted by Gasteiger charge is 2.27. The van der Waals surface area contributed by atoms with Crippen molar-refractivity contribution in [3.8, 4) is 5.75 Å². The van der Waals surface area contributed by atoms with E-state index in [9.17, 15) is 9.59 Å². The lowest BCUT2D eigenvalue weighted by Crippen LogP contribution is -2.50. The van der Waals surface area contributed by atoms with Crippen molar-refractivity contribution in [2.45, 2.75) is 66.6 Å². The van der Waals surface area contributed by atoms with Gasteiger partial charge in [-0.3, -0.25) is 9.59 Å². The number of carbonyl (C=O) groups excluding carboxylic acids is 2. The summed E-state index contributed by atoms with van der Waals surface area (Å²) in [4.78, 5) is 27.4. The zero-order valence-electron chi connectivity index (χ0n) is 19.3. The molecular weight excluding hydrogens is 412 g/mol. The third-order valence-corrected chi connectivity index (χ3v) is 6.01. The minimum atomic E-state index is -0.625. The molecule has 2 aromatic rings. The fraction of sp³-hybridized carbons (Fsp3) is 0.440. The van der Waals surface area contributed by atoms with Crippen molar-refractivity contribution in [2.24, 2.45) is 0 Å². The summed E-state index contributed by atoms with van der Waals surface area (Å²) in [5.41, 5.74) is 3.88. The van der Waals surface area contributed by atoms with Crippen molar-refractivity contribution in [3.05, 3.63) is 63.7 Å². The number of halogens is 1. The van der Waals surface area contributed by atoms with Gasteiger partial charge in [0.1, 0.15) is 11.8 Å². The first kappa shape index (κ1) is 24.7. The zero-order valence-corrected chi connectivity index (χ0v) is 20.0. The average molecular weight is 445 g/mol. The number of benzene rings is 2. The van der Waals surface area contributed by atoms with Crippen LogP contribution in [-0.4, -0.2) is 35.4 Å². The molecule has 0 fully saturated rings. The molecule has 6 heteroatoms. The van der Waals surface area contributed by atoms with Crippen LogP contribution in [0.1, 0.15) is 49.4 Å². The third kappa shape index (κ3) is 7.00. The van der Waals surface area contributed by atoms with Crippen molar-refractivity contribution in [3.63, 3.8) is 0 Å². The summed E-state index contributed by atoms with van der Waals surface area (Å²) in [7, 11) is 0. The largest absolute Gasteiger partial charge is 0.484 e. The average Bonchev–Trinajstić information content (AvgIpc) is 2.74. The maximum absolute atomic E-state index is 13.1. The Morgan fingerprint density at radius 2 is 1.65 bits per heavy atom. The van der Waals surface area contributed by atoms with Crippen LogP contribution in [0.5, 0.6) is 5.75 Å². The van der Waals surface area contributed by atoms with E-state index >= 15 is 0 Å². The first-order chi connectivity index (χ1) is 14.6. The molecule has 0 aliphatic rings. The van der Waals surface area contributed by atoms with Crippen molar-refractivity contribution in [1.82, 2.24) is 10.2 Å². The van der Waals surface area contributed by atoms with Crippen LogP contribution in [0.2, 0.25) is 5.02 Å². The highest BCUT2D eigenvalue weighted by molar-refractivity contribution is 6.32. The van der Waals surface area contributed by atoms with Crippen molar-refractivity contribution >= 4 is 23.4 Å². The number of carbonyl (C=O) groups is 2. The molecule has 0 unspecified atom stereocenters. The Bertz CT molecular complexity index is 888. The van der Waals surface area contributed by atoms with Crippen LogP contribution in [-0.2, 0) is 16.1 Å². The zero-order chi connectivity index (χ0) is 23.1. The molecule has 0 aliphatic carbocycles. The van der Waals surface area contributed by atoms with Gasteiger partial charge in [0, 0.05) is 17.6 Å². The lowest BCUT2D eigenvalue weighted by atomic mass is 10.1. The van der Waals surface area contributed by atoms with E-state index in [1.54, 1.807) is 11.8 Å². The molecule has 168 valence electrons. The first-order valence-corrected chi connectivity index (χ1v) is 11.0. The van der Waals surface area contributed by atoms with Gasteiger partial charge in [-0.25, -0.2) is 0 Å². The minimum absolute atomic E-state index is 0.0440. The number of amides is 2. The van der Waals surface area contributed by atoms with Gasteiger partial charge in [0.15, 0.2) is 6.61 Å². The van der Waals surface area contributed by atoms with Crippen LogP contribution in [0.3, 0.4) is 0 Å². The van der Waals surface area contributed by atoms with Crippen LogP contribution < -0.4 is 10.1 Å². The number of ether oxygens (including phenoxy) is 1. The second-order valence-electron chi connectivity index (χ2n) is 8.16. The molecule has 0 heterocycles. The fourth-order valence-electron chi connectivity index (χ4n) is 3.16. The first-order valence-electron chi connectivity index (χ1n) is 10.7. The third-order valence-electron chi connectivity index (χ3n) is 5.41. The van der Waals surface area contributed by atoms with Gasteiger partial charge in [0.05, 0.1) is 0 Å². The van der Waals surface area contributed by atoms with Gasteiger partial charge in [0.25, 0.3) is 5.91 Å². The Balaban J connectivity index is 2.18. The number of rotatable bonds is 9. The normalized spacial score (nSPS) is 12.7. The molecular formula is C25H33ClN2O3. The summed E-state index contributed by atoms with van der Waals surface area (Å²) < 4.78 is 5.77. The number of hydrogen-bond acceptors (Lipinski definition) is 3. The molecule has 0 radical (unpaired) electrons. The highest BCUT2D eigenvalue weighted by atomic mass is 35.5. The predicted molar refractivity (Wildman–Crippen MR) is 126 cm³/mol. The molecule has 0 aromatic heterocycles. The summed E-state index contributed by atoms with van der Waals surface area (Å²) >= 11 is 6.22. The molecule has 0 spiro atoms. The van der Waals surface area contributed by atoms with E-state index in [0.29, 0.717) is 17.3 Å². The van der Waals surface area contributed by atoms with E-state index in [-0.39, 0.29) is 24.5 Å². The maximum atomic E-state index is 13.1. The van der Waals surface area contributed by atoms with Gasteiger partial charge < -0.3 is 15.0 Å². The van der Waals surface area contributed by atoms with Crippen LogP contribution in [0.25, 0.3) is 0 Å². The minimum Gasteiger partial charge on any atom is -0.484 e. The molecule has 0 saturated heterocycles. The highest BCUT2D eigenvalue weighted by Crippen LogP contribution is 2.26. The molecule has 0 aliphatic heterocycles. The molecule has 2 rings (SSSR count). The van der Waals surface area contributed by atoms with E-state index in [2.05, 4.69) is 5.32 Å². The number of aryl methyl sites for hydroxylation is 3. The van der Waals surface area contributed by atoms with Crippen molar-refractivity contribution in [2.75, 3.05) is 6.61 Å². The van der Waals surface area contributed by atoms with E-state index in [1.807, 2.05) is 71.0 Å². The van der Waals surface area contributed by atoms with Gasteiger partial charge in [-0.2, -0.15) is 0 Å². The molecule has 2 aromatic carbocycles. The van der Waals surface area contributed by atoms with Gasteiger partial charge >= 0.3 is 0 Å². The Morgan fingerprint density at radius 3 is 2.19 bits per heavy atom. The molecule has 1 N–H and O–H groups in total. The van der Waals surface area contributed by atoms with Gasteiger partial charge in [-0.05, 0) is 69.9 Å². The van der Waals surface area contributed by atoms with Gasteiger partial charge in [-0.15, -0.1) is 0 Å². The number of hydrogen-bond donors (Lipinski definition) is 1. The van der Waals surface area contributed by atoms with E-state index < -0.39 is 6.04 Å². The summed E-state index contributed by atoms with van der Waals surface area (Å²) in [6.07, 6.45) is 0.822. The second kappa shape index (κ2) is 11.2. The SMILES string of the molecule is CC[C@H](C)NC(=O)[C@@H](C)N(Cc1ccc(C)cc1)C(=O)COc1cc(C)c(Cl)c(C)c1. The van der Waals surface area contributed by atoms with Crippen LogP contribution in [0, 0.1) is 20.8 Å². The molecule has 0 bridgehead atoms. The number of nitrogens with one attached hydrogen (secondary N) is 1. The molecule has 0 saturated carbocycles. The second-order valence-corrected chi connectivity index (χ2v) is 8.54. The predicted octanol–water partition coefficient (Wildman–Crippen LogP) is 4.98. The standard InChI is InChI=1S/C25H33ClN2O3/c1-7-19(5)27-25(30)20(6)28(14-21-10-8-16(2)9-11-21)23(29)15-31-22-12-17(3)24(26)18(4)13-22/h8-13,19-20H,7,14-15H2,1-6H3,(H,27,30)/t19-,20+/m0/s1. The quantitative estimate of drug-likeness (QED) is 0.593. The molecule has 2 atom stereocenters. The summed E-state index contributed by atoms with van der Waals surface area (Å²) in [5, 5.41) is 3.66. The summed E-state index contributed by atoms with van der Waals surface area (Å²) in [6, 6.07) is 11.0. The fourth-order valence-corrected chi connectivity index (χ4v) is 3.26. The van der Waals surface area contributed by atoms with E-state index in [1.165, 1.54) is 0 Å². The van der Waals surface area contributed by atoms with Crippen LogP contribution in [0.15, 0.2) is 36.4 Å². The smallest absolute Gasteiger partial charge is 0.261 e. The Kier molecular flexibility index (Phi) is 8.93. The molecule has 2 amide bonds. The lowest BCUT2D eigenvalue weighted by molar-refractivity contribution is -0.142. The summed E-state index contributed by atoms with van der Waals surface area (Å²) in [5.74, 6) is 0.158. The Morgan fingerprint density at radius 1 is 1.06 bits per heavy atom. The Labute approximate surface area is 190 Å². The topological polar surface area (TPSA) is 58.6 Å². The summed E-state index contributed by atoms with van der Waals surface area (Å²) in [6.45, 7) is 11.7.